The Hall–Kier alpha value is -3.84. The first kappa shape index (κ1) is 35.5. The van der Waals surface area contributed by atoms with E-state index < -0.39 is 39.0 Å². The summed E-state index contributed by atoms with van der Waals surface area (Å²) in [6.45, 7) is 13.1. The minimum Gasteiger partial charge on any atom is -0.493 e. The van der Waals surface area contributed by atoms with Crippen molar-refractivity contribution in [1.29, 1.82) is 0 Å². The molecule has 2 saturated heterocycles. The third kappa shape index (κ3) is 8.06. The normalized spacial score (nSPS) is 18.6. The van der Waals surface area contributed by atoms with Crippen LogP contribution in [0.25, 0.3) is 0 Å². The van der Waals surface area contributed by atoms with Crippen LogP contribution in [0.4, 0.5) is 10.5 Å². The van der Waals surface area contributed by atoms with Crippen LogP contribution in [0.1, 0.15) is 72.9 Å². The van der Waals surface area contributed by atoms with Crippen LogP contribution in [-0.2, 0) is 14.6 Å². The van der Waals surface area contributed by atoms with Crippen LogP contribution in [0.3, 0.4) is 0 Å². The van der Waals surface area contributed by atoms with Crippen LogP contribution in [0.2, 0.25) is 0 Å². The van der Waals surface area contributed by atoms with Gasteiger partial charge in [0.25, 0.3) is 11.8 Å². The summed E-state index contributed by atoms with van der Waals surface area (Å²) in [5.41, 5.74) is 1.22. The van der Waals surface area contributed by atoms with Gasteiger partial charge < -0.3 is 24.0 Å². The van der Waals surface area contributed by atoms with Gasteiger partial charge in [0.05, 0.1) is 42.3 Å². The Morgan fingerprint density at radius 2 is 1.65 bits per heavy atom. The number of benzene rings is 2. The number of carbonyl (C=O) groups excluding carboxylic acids is 3. The second-order valence-corrected chi connectivity index (χ2v) is 16.0. The highest BCUT2D eigenvalue weighted by Gasteiger charge is 2.44. The lowest BCUT2D eigenvalue weighted by Gasteiger charge is -2.40. The molecule has 48 heavy (non-hydrogen) atoms. The predicted octanol–water partition coefficient (Wildman–Crippen LogP) is 4.24. The summed E-state index contributed by atoms with van der Waals surface area (Å²) >= 11 is 0. The first-order valence-corrected chi connectivity index (χ1v) is 18.7. The molecular weight excluding hydrogens is 636 g/mol. The zero-order valence-electron chi connectivity index (χ0n) is 28.9. The summed E-state index contributed by atoms with van der Waals surface area (Å²) < 4.78 is 41.9. The molecule has 1 atom stereocenters. The third-order valence-corrected chi connectivity index (χ3v) is 9.99. The number of hydrogen-bond acceptors (Lipinski definition) is 10. The van der Waals surface area contributed by atoms with E-state index in [4.69, 9.17) is 14.2 Å². The first-order chi connectivity index (χ1) is 22.7. The molecule has 3 amide bonds. The molecule has 0 radical (unpaired) electrons. The third-order valence-electron chi connectivity index (χ3n) is 9.06. The molecule has 0 aromatic heterocycles. The van der Waals surface area contributed by atoms with Crippen LogP contribution < -0.4 is 14.4 Å². The fraction of sp³-hybridized carbons (Fsp3) is 0.571. The molecule has 262 valence electrons. The van der Waals surface area contributed by atoms with Crippen molar-refractivity contribution in [3.63, 3.8) is 0 Å². The Balaban J connectivity index is 1.28. The molecule has 2 aromatic rings. The molecule has 0 bridgehead atoms. The van der Waals surface area contributed by atoms with Crippen molar-refractivity contribution in [3.8, 4) is 11.5 Å². The van der Waals surface area contributed by atoms with Gasteiger partial charge in [0.2, 0.25) is 0 Å². The van der Waals surface area contributed by atoms with Crippen molar-refractivity contribution in [2.24, 2.45) is 5.92 Å². The lowest BCUT2D eigenvalue weighted by Crippen LogP contribution is -2.49. The Morgan fingerprint density at radius 3 is 2.25 bits per heavy atom. The second kappa shape index (κ2) is 14.3. The molecule has 3 heterocycles. The Labute approximate surface area is 283 Å². The highest BCUT2D eigenvalue weighted by Crippen LogP contribution is 2.39. The molecule has 0 saturated carbocycles. The quantitative estimate of drug-likeness (QED) is 0.336. The average molecular weight is 685 g/mol. The Bertz CT molecular complexity index is 1620. The first-order valence-electron chi connectivity index (χ1n) is 16.6. The van der Waals surface area contributed by atoms with E-state index in [-0.39, 0.29) is 11.7 Å². The van der Waals surface area contributed by atoms with Gasteiger partial charge in [-0.25, -0.2) is 13.2 Å². The van der Waals surface area contributed by atoms with Crippen LogP contribution in [-0.4, -0.2) is 118 Å². The van der Waals surface area contributed by atoms with Gasteiger partial charge in [-0.1, -0.05) is 12.1 Å². The fourth-order valence-electron chi connectivity index (χ4n) is 6.77. The molecule has 3 aliphatic heterocycles. The van der Waals surface area contributed by atoms with Gasteiger partial charge in [-0.15, -0.1) is 0 Å². The van der Waals surface area contributed by atoms with Crippen molar-refractivity contribution >= 4 is 33.4 Å². The van der Waals surface area contributed by atoms with Crippen molar-refractivity contribution in [1.82, 2.24) is 14.7 Å². The zero-order chi connectivity index (χ0) is 34.8. The number of piperazine rings is 1. The number of imide groups is 1. The molecule has 2 fully saturated rings. The van der Waals surface area contributed by atoms with Gasteiger partial charge in [-0.2, -0.15) is 0 Å². The van der Waals surface area contributed by atoms with Gasteiger partial charge in [-0.3, -0.25) is 19.4 Å². The highest BCUT2D eigenvalue weighted by atomic mass is 32.2. The smallest absolute Gasteiger partial charge is 0.410 e. The summed E-state index contributed by atoms with van der Waals surface area (Å²) in [6.07, 6.45) is 2.69. The monoisotopic (exact) mass is 684 g/mol. The number of anilines is 1. The highest BCUT2D eigenvalue weighted by molar-refractivity contribution is 7.90. The number of nitrogens with zero attached hydrogens (tertiary/aromatic N) is 4. The average Bonchev–Trinajstić information content (AvgIpc) is 3.28. The van der Waals surface area contributed by atoms with E-state index in [9.17, 15) is 22.8 Å². The SMILES string of the molecule is CCOc1cc([C@@H](CS(C)(=O)=O)N2C(=O)c3cccc(N4CCN(CC5CCN(C(=O)OC(C)(C)C)CC5)CC4)c3C2=O)ccc1OC. The number of ether oxygens (including phenoxy) is 3. The number of rotatable bonds is 10. The topological polar surface area (TPSA) is 126 Å². The summed E-state index contributed by atoms with van der Waals surface area (Å²) in [5.74, 6) is -0.102. The molecule has 13 heteroatoms. The van der Waals surface area contributed by atoms with E-state index in [1.807, 2.05) is 33.8 Å². The van der Waals surface area contributed by atoms with Gasteiger partial charge in [0, 0.05) is 52.1 Å². The molecular formula is C35H48N4O8S. The summed E-state index contributed by atoms with van der Waals surface area (Å²) in [7, 11) is -2.10. The van der Waals surface area contributed by atoms with E-state index >= 15 is 0 Å². The van der Waals surface area contributed by atoms with Crippen LogP contribution in [0, 0.1) is 5.92 Å². The summed E-state index contributed by atoms with van der Waals surface area (Å²) in [4.78, 5) is 48.0. The minimum atomic E-state index is -3.61. The van der Waals surface area contributed by atoms with Gasteiger partial charge in [0.15, 0.2) is 11.5 Å². The summed E-state index contributed by atoms with van der Waals surface area (Å²) in [6, 6.07) is 9.19. The number of hydrogen-bond donors (Lipinski definition) is 0. The number of carbonyl (C=O) groups is 3. The van der Waals surface area contributed by atoms with Gasteiger partial charge in [0.1, 0.15) is 15.4 Å². The number of methoxy groups -OCH3 is 1. The maximum absolute atomic E-state index is 14.2. The van der Waals surface area contributed by atoms with Crippen LogP contribution >= 0.6 is 0 Å². The number of sulfone groups is 1. The van der Waals surface area contributed by atoms with Crippen molar-refractivity contribution in [2.75, 3.05) is 76.4 Å². The van der Waals surface area contributed by atoms with E-state index in [1.165, 1.54) is 7.11 Å². The lowest BCUT2D eigenvalue weighted by molar-refractivity contribution is 0.0168. The second-order valence-electron chi connectivity index (χ2n) is 13.8. The Morgan fingerprint density at radius 1 is 0.958 bits per heavy atom. The standard InChI is InChI=1S/C35H48N4O8S/c1-7-46-30-21-25(11-12-29(30)45-5)28(23-48(6,43)44)39-32(40)26-9-8-10-27(31(26)33(39)41)37-19-17-36(18-20-37)22-24-13-15-38(16-14-24)34(42)47-35(2,3)4/h8-12,21,24,28H,7,13-20,22-23H2,1-6H3/t28-/m1/s1. The van der Waals surface area contributed by atoms with E-state index in [2.05, 4.69) is 9.80 Å². The van der Waals surface area contributed by atoms with Crippen molar-refractivity contribution in [2.45, 2.75) is 52.2 Å². The molecule has 0 spiro atoms. The largest absolute Gasteiger partial charge is 0.493 e. The molecule has 2 aromatic carbocycles. The van der Waals surface area contributed by atoms with Crippen LogP contribution in [0.5, 0.6) is 11.5 Å². The minimum absolute atomic E-state index is 0.251. The number of amides is 3. The Kier molecular flexibility index (Phi) is 10.6. The molecule has 0 unspecified atom stereocenters. The number of fused-ring (bicyclic) bond motifs is 1. The fourth-order valence-corrected chi connectivity index (χ4v) is 7.68. The van der Waals surface area contributed by atoms with Gasteiger partial charge >= 0.3 is 6.09 Å². The van der Waals surface area contributed by atoms with E-state index in [1.54, 1.807) is 35.2 Å². The molecule has 0 aliphatic carbocycles. The van der Waals surface area contributed by atoms with Crippen LogP contribution in [0.15, 0.2) is 36.4 Å². The summed E-state index contributed by atoms with van der Waals surface area (Å²) in [5, 5.41) is 0. The number of likely N-dealkylation sites (tertiary alicyclic amines) is 1. The van der Waals surface area contributed by atoms with Crippen molar-refractivity contribution in [3.05, 3.63) is 53.1 Å². The van der Waals surface area contributed by atoms with Gasteiger partial charge in [-0.05, 0) is 76.3 Å². The predicted molar refractivity (Wildman–Crippen MR) is 183 cm³/mol. The van der Waals surface area contributed by atoms with Crippen molar-refractivity contribution < 1.29 is 37.0 Å². The molecule has 3 aliphatic rings. The maximum Gasteiger partial charge on any atom is 0.410 e. The van der Waals surface area contributed by atoms with E-state index in [0.29, 0.717) is 67.0 Å². The maximum atomic E-state index is 14.2. The number of piperidine rings is 1. The molecule has 12 nitrogen and oxygen atoms in total. The molecule has 5 rings (SSSR count). The molecule has 0 N–H and O–H groups in total. The lowest BCUT2D eigenvalue weighted by atomic mass is 9.96. The van der Waals surface area contributed by atoms with E-state index in [0.717, 1.165) is 43.6 Å². The zero-order valence-corrected chi connectivity index (χ0v) is 29.7.